The summed E-state index contributed by atoms with van der Waals surface area (Å²) in [6.07, 6.45) is 0. The van der Waals surface area contributed by atoms with Crippen LogP contribution in [0.2, 0.25) is 0 Å². The molecule has 1 fully saturated rings. The lowest BCUT2D eigenvalue weighted by atomic mass is 9.88. The third-order valence-corrected chi connectivity index (χ3v) is 6.69. The van der Waals surface area contributed by atoms with Gasteiger partial charge in [0, 0.05) is 31.1 Å². The maximum absolute atomic E-state index is 13.4. The van der Waals surface area contributed by atoms with Crippen molar-refractivity contribution >= 4 is 11.8 Å². The van der Waals surface area contributed by atoms with Crippen molar-refractivity contribution in [3.8, 4) is 23.0 Å². The lowest BCUT2D eigenvalue weighted by Gasteiger charge is -2.19. The zero-order chi connectivity index (χ0) is 25.1. The van der Waals surface area contributed by atoms with Gasteiger partial charge in [0.25, 0.3) is 5.91 Å². The Labute approximate surface area is 209 Å². The fourth-order valence-electron chi connectivity index (χ4n) is 4.76. The second-order valence-corrected chi connectivity index (χ2v) is 8.84. The van der Waals surface area contributed by atoms with E-state index in [1.807, 2.05) is 42.5 Å². The number of amides is 2. The van der Waals surface area contributed by atoms with Crippen LogP contribution in [0.15, 0.2) is 66.7 Å². The van der Waals surface area contributed by atoms with Gasteiger partial charge in [-0.05, 0) is 53.6 Å². The Morgan fingerprint density at radius 1 is 0.917 bits per heavy atom. The van der Waals surface area contributed by atoms with E-state index >= 15 is 0 Å². The van der Waals surface area contributed by atoms with Crippen molar-refractivity contribution in [3.63, 3.8) is 0 Å². The van der Waals surface area contributed by atoms with Gasteiger partial charge in [-0.3, -0.25) is 9.59 Å². The number of carbonyl (C=O) groups is 2. The van der Waals surface area contributed by atoms with E-state index in [1.54, 1.807) is 43.4 Å². The predicted molar refractivity (Wildman–Crippen MR) is 133 cm³/mol. The lowest BCUT2D eigenvalue weighted by molar-refractivity contribution is -0.125. The zero-order valence-electron chi connectivity index (χ0n) is 20.2. The first-order valence-electron chi connectivity index (χ1n) is 11.8. The highest BCUT2D eigenvalue weighted by Crippen LogP contribution is 2.36. The average molecular weight is 489 g/mol. The molecule has 5 rings (SSSR count). The van der Waals surface area contributed by atoms with Crippen molar-refractivity contribution in [2.45, 2.75) is 12.5 Å². The third-order valence-electron chi connectivity index (χ3n) is 6.69. The van der Waals surface area contributed by atoms with Gasteiger partial charge in [0.05, 0.1) is 20.1 Å². The largest absolute Gasteiger partial charge is 0.497 e. The van der Waals surface area contributed by atoms with Gasteiger partial charge in [-0.2, -0.15) is 0 Å². The van der Waals surface area contributed by atoms with Gasteiger partial charge in [-0.1, -0.05) is 24.3 Å². The molecule has 3 aromatic rings. The Bertz CT molecular complexity index is 1280. The van der Waals surface area contributed by atoms with Crippen molar-refractivity contribution in [1.82, 2.24) is 10.2 Å². The van der Waals surface area contributed by atoms with Gasteiger partial charge < -0.3 is 29.2 Å². The van der Waals surface area contributed by atoms with Crippen molar-refractivity contribution in [1.29, 1.82) is 0 Å². The van der Waals surface area contributed by atoms with Crippen LogP contribution in [-0.4, -0.2) is 50.8 Å². The van der Waals surface area contributed by atoms with Gasteiger partial charge in [-0.25, -0.2) is 0 Å². The highest BCUT2D eigenvalue weighted by atomic mass is 16.7. The first-order chi connectivity index (χ1) is 17.6. The van der Waals surface area contributed by atoms with Crippen molar-refractivity contribution in [2.75, 3.05) is 34.1 Å². The summed E-state index contributed by atoms with van der Waals surface area (Å²) in [4.78, 5) is 28.5. The minimum atomic E-state index is -0.416. The number of benzene rings is 3. The number of methoxy groups -OCH3 is 2. The van der Waals surface area contributed by atoms with E-state index in [0.29, 0.717) is 48.2 Å². The van der Waals surface area contributed by atoms with Gasteiger partial charge in [0.2, 0.25) is 12.7 Å². The number of hydrogen-bond acceptors (Lipinski definition) is 6. The molecule has 2 heterocycles. The second kappa shape index (κ2) is 10.2. The highest BCUT2D eigenvalue weighted by Gasteiger charge is 2.40. The van der Waals surface area contributed by atoms with Crippen LogP contribution in [0.4, 0.5) is 0 Å². The molecule has 2 unspecified atom stereocenters. The normalized spacial score (nSPS) is 18.1. The number of ether oxygens (including phenoxy) is 4. The van der Waals surface area contributed by atoms with Crippen molar-refractivity contribution < 1.29 is 28.5 Å². The minimum Gasteiger partial charge on any atom is -0.497 e. The number of nitrogens with zero attached hydrogens (tertiary/aromatic N) is 1. The van der Waals surface area contributed by atoms with E-state index in [2.05, 4.69) is 5.32 Å². The summed E-state index contributed by atoms with van der Waals surface area (Å²) in [5, 5.41) is 3.05. The van der Waals surface area contributed by atoms with E-state index < -0.39 is 5.92 Å². The monoisotopic (exact) mass is 488 g/mol. The molecule has 2 aliphatic rings. The van der Waals surface area contributed by atoms with Crippen LogP contribution in [0.5, 0.6) is 23.0 Å². The number of hydrogen-bond donors (Lipinski definition) is 1. The van der Waals surface area contributed by atoms with Crippen LogP contribution in [0.1, 0.15) is 27.4 Å². The molecule has 0 bridgehead atoms. The number of fused-ring (bicyclic) bond motifs is 1. The van der Waals surface area contributed by atoms with Crippen molar-refractivity contribution in [2.24, 2.45) is 5.92 Å². The fourth-order valence-corrected chi connectivity index (χ4v) is 4.76. The highest BCUT2D eigenvalue weighted by molar-refractivity contribution is 5.95. The van der Waals surface area contributed by atoms with E-state index in [9.17, 15) is 9.59 Å². The van der Waals surface area contributed by atoms with Crippen LogP contribution in [-0.2, 0) is 11.3 Å². The summed E-state index contributed by atoms with van der Waals surface area (Å²) < 4.78 is 21.5. The summed E-state index contributed by atoms with van der Waals surface area (Å²) in [5.74, 6) is 1.87. The summed E-state index contributed by atoms with van der Waals surface area (Å²) >= 11 is 0. The number of likely N-dealkylation sites (tertiary alicyclic amines) is 1. The number of rotatable bonds is 7. The SMILES string of the molecule is COc1cccc(C(=O)N2CC(C(=O)NCc3ccc4c(c3)OCO4)C(c3cccc(OC)c3)C2)c1. The summed E-state index contributed by atoms with van der Waals surface area (Å²) in [6.45, 7) is 1.28. The molecule has 0 saturated carbocycles. The summed E-state index contributed by atoms with van der Waals surface area (Å²) in [7, 11) is 3.18. The van der Waals surface area contributed by atoms with Crippen LogP contribution in [0.3, 0.4) is 0 Å². The zero-order valence-corrected chi connectivity index (χ0v) is 20.2. The smallest absolute Gasteiger partial charge is 0.254 e. The van der Waals surface area contributed by atoms with E-state index in [-0.39, 0.29) is 24.5 Å². The van der Waals surface area contributed by atoms with Crippen molar-refractivity contribution in [3.05, 3.63) is 83.4 Å². The molecule has 186 valence electrons. The molecule has 3 aromatic carbocycles. The van der Waals surface area contributed by atoms with E-state index in [1.165, 1.54) is 0 Å². The molecule has 8 nitrogen and oxygen atoms in total. The Hall–Kier alpha value is -4.20. The maximum atomic E-state index is 13.4. The molecule has 1 N–H and O–H groups in total. The standard InChI is InChI=1S/C28H28N2O6/c1-33-21-7-3-5-19(12-21)23-15-30(28(32)20-6-4-8-22(13-20)34-2)16-24(23)27(31)29-14-18-9-10-25-26(11-18)36-17-35-25/h3-13,23-24H,14-17H2,1-2H3,(H,29,31). The summed E-state index contributed by atoms with van der Waals surface area (Å²) in [5.41, 5.74) is 2.39. The fraction of sp³-hybridized carbons (Fsp3) is 0.286. The Morgan fingerprint density at radius 2 is 1.67 bits per heavy atom. The first-order valence-corrected chi connectivity index (χ1v) is 11.8. The number of nitrogens with one attached hydrogen (secondary N) is 1. The van der Waals surface area contributed by atoms with Crippen LogP contribution in [0, 0.1) is 5.92 Å². The Balaban J connectivity index is 1.36. The second-order valence-electron chi connectivity index (χ2n) is 8.84. The molecule has 0 radical (unpaired) electrons. The first kappa shape index (κ1) is 23.5. The molecule has 2 atom stereocenters. The van der Waals surface area contributed by atoms with Gasteiger partial charge >= 0.3 is 0 Å². The quantitative estimate of drug-likeness (QED) is 0.547. The predicted octanol–water partition coefficient (Wildman–Crippen LogP) is 3.60. The van der Waals surface area contributed by atoms with Gasteiger partial charge in [-0.15, -0.1) is 0 Å². The molecular formula is C28H28N2O6. The molecule has 2 amide bonds. The molecular weight excluding hydrogens is 460 g/mol. The molecule has 36 heavy (non-hydrogen) atoms. The Kier molecular flexibility index (Phi) is 6.66. The molecule has 0 aliphatic carbocycles. The van der Waals surface area contributed by atoms with E-state index in [0.717, 1.165) is 11.1 Å². The van der Waals surface area contributed by atoms with Crippen LogP contribution < -0.4 is 24.3 Å². The molecule has 1 saturated heterocycles. The Morgan fingerprint density at radius 3 is 2.47 bits per heavy atom. The van der Waals surface area contributed by atoms with Gasteiger partial charge in [0.1, 0.15) is 11.5 Å². The molecule has 0 spiro atoms. The molecule has 8 heteroatoms. The summed E-state index contributed by atoms with van der Waals surface area (Å²) in [6, 6.07) is 20.4. The lowest BCUT2D eigenvalue weighted by Crippen LogP contribution is -2.35. The average Bonchev–Trinajstić information content (AvgIpc) is 3.58. The van der Waals surface area contributed by atoms with Crippen LogP contribution in [0.25, 0.3) is 0 Å². The maximum Gasteiger partial charge on any atom is 0.254 e. The minimum absolute atomic E-state index is 0.110. The number of carbonyl (C=O) groups excluding carboxylic acids is 2. The van der Waals surface area contributed by atoms with E-state index in [4.69, 9.17) is 18.9 Å². The third kappa shape index (κ3) is 4.79. The topological polar surface area (TPSA) is 86.3 Å². The van der Waals surface area contributed by atoms with Gasteiger partial charge in [0.15, 0.2) is 11.5 Å². The molecule has 0 aromatic heterocycles. The van der Waals surface area contributed by atoms with Crippen LogP contribution >= 0.6 is 0 Å². The molecule has 2 aliphatic heterocycles.